The lowest BCUT2D eigenvalue weighted by Gasteiger charge is -2.57. The number of hydrogen-bond acceptors (Lipinski definition) is 8. The highest BCUT2D eigenvalue weighted by Gasteiger charge is 2.71. The number of hydrogen-bond donors (Lipinski definition) is 3. The van der Waals surface area contributed by atoms with Gasteiger partial charge in [-0.25, -0.2) is 9.50 Å². The molecule has 3 aromatic rings. The summed E-state index contributed by atoms with van der Waals surface area (Å²) in [6.45, 7) is -2.12. The Hall–Kier alpha value is -3.60. The highest BCUT2D eigenvalue weighted by molar-refractivity contribution is 7.14. The van der Waals surface area contributed by atoms with Gasteiger partial charge in [0, 0.05) is 12.0 Å². The number of nitrogens with two attached hydrogens (primary N) is 1. The molecule has 0 atom stereocenters. The number of aromatic nitrogens is 3. The topological polar surface area (TPSA) is 141 Å². The Morgan fingerprint density at radius 2 is 1.79 bits per heavy atom. The van der Waals surface area contributed by atoms with Gasteiger partial charge >= 0.3 is 12.4 Å². The summed E-state index contributed by atoms with van der Waals surface area (Å²) >= 11 is 1.28. The summed E-state index contributed by atoms with van der Waals surface area (Å²) in [5.74, 6) is -0.773. The van der Waals surface area contributed by atoms with Crippen LogP contribution in [0.1, 0.15) is 69.5 Å². The molecule has 10 nitrogen and oxygen atoms in total. The number of fused-ring (bicyclic) bond motifs is 1. The van der Waals surface area contributed by atoms with E-state index in [-0.39, 0.29) is 28.6 Å². The van der Waals surface area contributed by atoms with Gasteiger partial charge in [0.2, 0.25) is 5.88 Å². The van der Waals surface area contributed by atoms with Gasteiger partial charge in [0.15, 0.2) is 4.88 Å². The second-order valence-corrected chi connectivity index (χ2v) is 12.5. The van der Waals surface area contributed by atoms with Gasteiger partial charge in [-0.15, -0.1) is 11.3 Å². The predicted molar refractivity (Wildman–Crippen MR) is 137 cm³/mol. The van der Waals surface area contributed by atoms with Crippen molar-refractivity contribution in [2.45, 2.75) is 74.5 Å². The molecular weight excluding hydrogens is 608 g/mol. The Bertz CT molecular complexity index is 1550. The summed E-state index contributed by atoms with van der Waals surface area (Å²) in [4.78, 5) is 29.5. The first-order chi connectivity index (χ1) is 20.1. The maximum absolute atomic E-state index is 12.9. The molecular formula is C26H25F6N5O5S. The molecule has 0 bridgehead atoms. The SMILES string of the molecule is NC(=O)c1sc(C2CC2)nc1OC1CC2(CC(NC(=O)c3cnn4cc(OCC(O)(C(F)(F)F)C(F)(F)F)ccc34)C2)C1. The largest absolute Gasteiger partial charge is 0.488 e. The van der Waals surface area contributed by atoms with Crippen LogP contribution in [0.2, 0.25) is 0 Å². The number of pyridine rings is 1. The van der Waals surface area contributed by atoms with E-state index in [4.69, 9.17) is 10.5 Å². The molecule has 232 valence electrons. The van der Waals surface area contributed by atoms with E-state index in [1.165, 1.54) is 23.6 Å². The van der Waals surface area contributed by atoms with Crippen molar-refractivity contribution in [3.63, 3.8) is 0 Å². The van der Waals surface area contributed by atoms with E-state index in [2.05, 4.69) is 20.1 Å². The molecule has 2 amide bonds. The molecule has 0 aromatic carbocycles. The van der Waals surface area contributed by atoms with E-state index < -0.39 is 42.1 Å². The number of rotatable bonds is 9. The molecule has 3 saturated carbocycles. The molecule has 0 saturated heterocycles. The van der Waals surface area contributed by atoms with Gasteiger partial charge in [-0.3, -0.25) is 9.59 Å². The first kappa shape index (κ1) is 29.5. The number of nitrogens with one attached hydrogen (secondary N) is 1. The van der Waals surface area contributed by atoms with Gasteiger partial charge in [0.1, 0.15) is 23.5 Å². The highest BCUT2D eigenvalue weighted by atomic mass is 32.1. The van der Waals surface area contributed by atoms with E-state index in [0.29, 0.717) is 29.5 Å². The van der Waals surface area contributed by atoms with Crippen molar-refractivity contribution in [2.75, 3.05) is 6.61 Å². The number of halogens is 6. The summed E-state index contributed by atoms with van der Waals surface area (Å²) in [6.07, 6.45) is -4.93. The van der Waals surface area contributed by atoms with Gasteiger partial charge in [-0.1, -0.05) is 0 Å². The molecule has 3 heterocycles. The average Bonchev–Trinajstić information content (AvgIpc) is 3.49. The quantitative estimate of drug-likeness (QED) is 0.301. The van der Waals surface area contributed by atoms with Crippen molar-refractivity contribution in [2.24, 2.45) is 11.1 Å². The van der Waals surface area contributed by atoms with Crippen molar-refractivity contribution in [3.05, 3.63) is 40.0 Å². The Labute approximate surface area is 243 Å². The normalized spacial score (nSPS) is 24.0. The fraction of sp³-hybridized carbons (Fsp3) is 0.538. The lowest BCUT2D eigenvalue weighted by molar-refractivity contribution is -0.373. The lowest BCUT2D eigenvalue weighted by atomic mass is 9.53. The fourth-order valence-corrected chi connectivity index (χ4v) is 6.65. The summed E-state index contributed by atoms with van der Waals surface area (Å²) in [6, 6.07) is 2.23. The molecule has 0 unspecified atom stereocenters. The van der Waals surface area contributed by atoms with E-state index in [1.54, 1.807) is 0 Å². The summed E-state index contributed by atoms with van der Waals surface area (Å²) in [5.41, 5.74) is 0.833. The molecule has 3 fully saturated rings. The third-order valence-electron chi connectivity index (χ3n) is 8.18. The van der Waals surface area contributed by atoms with Crippen LogP contribution >= 0.6 is 11.3 Å². The zero-order valence-corrected chi connectivity index (χ0v) is 23.0. The van der Waals surface area contributed by atoms with Gasteiger partial charge in [0.25, 0.3) is 17.4 Å². The fourth-order valence-electron chi connectivity index (χ4n) is 5.63. The lowest BCUT2D eigenvalue weighted by Crippen LogP contribution is -2.60. The van der Waals surface area contributed by atoms with E-state index in [9.17, 15) is 41.0 Å². The first-order valence-corrected chi connectivity index (χ1v) is 14.1. The summed E-state index contributed by atoms with van der Waals surface area (Å²) < 4.78 is 89.1. The minimum absolute atomic E-state index is 0.00688. The molecule has 0 radical (unpaired) electrons. The number of thiazole rings is 1. The predicted octanol–water partition coefficient (Wildman–Crippen LogP) is 4.12. The minimum atomic E-state index is -6.02. The number of primary amides is 1. The summed E-state index contributed by atoms with van der Waals surface area (Å²) in [5, 5.41) is 17.0. The van der Waals surface area contributed by atoms with Gasteiger partial charge in [-0.05, 0) is 56.1 Å². The van der Waals surface area contributed by atoms with E-state index >= 15 is 0 Å². The maximum Gasteiger partial charge on any atom is 0.429 e. The van der Waals surface area contributed by atoms with Crippen LogP contribution in [0.5, 0.6) is 11.6 Å². The van der Waals surface area contributed by atoms with Crippen LogP contribution in [-0.2, 0) is 0 Å². The van der Waals surface area contributed by atoms with Crippen LogP contribution in [0.25, 0.3) is 5.52 Å². The third-order valence-corrected chi connectivity index (χ3v) is 9.39. The molecule has 3 aromatic heterocycles. The van der Waals surface area contributed by atoms with Crippen LogP contribution in [0.15, 0.2) is 24.5 Å². The number of carbonyl (C=O) groups is 2. The Kier molecular flexibility index (Phi) is 6.83. The van der Waals surface area contributed by atoms with Crippen LogP contribution in [0.4, 0.5) is 26.3 Å². The zero-order valence-electron chi connectivity index (χ0n) is 22.2. The Balaban J connectivity index is 1.02. The minimum Gasteiger partial charge on any atom is -0.488 e. The number of nitrogens with zero attached hydrogens (tertiary/aromatic N) is 3. The molecule has 3 aliphatic carbocycles. The van der Waals surface area contributed by atoms with E-state index in [1.807, 2.05) is 0 Å². The van der Waals surface area contributed by atoms with E-state index in [0.717, 1.165) is 47.5 Å². The number of carbonyl (C=O) groups excluding carboxylic acids is 2. The van der Waals surface area contributed by atoms with Crippen molar-refractivity contribution in [1.82, 2.24) is 19.9 Å². The first-order valence-electron chi connectivity index (χ1n) is 13.3. The maximum atomic E-state index is 12.9. The monoisotopic (exact) mass is 633 g/mol. The highest BCUT2D eigenvalue weighted by Crippen LogP contribution is 2.57. The molecule has 4 N–H and O–H groups in total. The average molecular weight is 634 g/mol. The number of amides is 2. The number of aliphatic hydroxyl groups is 1. The second-order valence-electron chi connectivity index (χ2n) is 11.4. The molecule has 3 aliphatic rings. The molecule has 0 aliphatic heterocycles. The van der Waals surface area contributed by atoms with Crippen molar-refractivity contribution < 1.29 is 50.5 Å². The number of ether oxygens (including phenoxy) is 2. The smallest absolute Gasteiger partial charge is 0.429 e. The molecule has 17 heteroatoms. The van der Waals surface area contributed by atoms with Crippen LogP contribution in [-0.4, -0.2) is 68.2 Å². The van der Waals surface area contributed by atoms with Crippen LogP contribution in [0, 0.1) is 5.41 Å². The molecule has 6 rings (SSSR count). The summed E-state index contributed by atoms with van der Waals surface area (Å²) in [7, 11) is 0. The van der Waals surface area contributed by atoms with Crippen LogP contribution in [0.3, 0.4) is 0 Å². The zero-order chi connectivity index (χ0) is 30.9. The Morgan fingerprint density at radius 1 is 1.12 bits per heavy atom. The van der Waals surface area contributed by atoms with Crippen molar-refractivity contribution in [3.8, 4) is 11.6 Å². The standard InChI is InChI=1S/C26H25F6N5O5S/c27-25(28,29)24(40,26(30,31)32)11-41-14-3-4-17-16(9-34-37(17)10-14)20(39)35-13-5-23(6-13)7-15(8-23)42-21-18(19(33)38)43-22(36-21)12-1-2-12/h3-4,9-10,12-13,15,40H,1-2,5-8,11H2,(H2,33,38)(H,35,39). The second kappa shape index (κ2) is 9.97. The molecule has 43 heavy (non-hydrogen) atoms. The number of alkyl halides is 6. The van der Waals surface area contributed by atoms with Gasteiger partial charge in [0.05, 0.1) is 23.5 Å². The third kappa shape index (κ3) is 5.36. The van der Waals surface area contributed by atoms with Gasteiger partial charge < -0.3 is 25.6 Å². The van der Waals surface area contributed by atoms with Crippen LogP contribution < -0.4 is 20.5 Å². The molecule has 1 spiro atoms. The Morgan fingerprint density at radius 3 is 2.40 bits per heavy atom. The van der Waals surface area contributed by atoms with Crippen molar-refractivity contribution >= 4 is 28.7 Å². The van der Waals surface area contributed by atoms with Crippen molar-refractivity contribution in [1.29, 1.82) is 0 Å². The van der Waals surface area contributed by atoms with Gasteiger partial charge in [-0.2, -0.15) is 31.4 Å².